The molecule has 1 heterocycles. The van der Waals surface area contributed by atoms with E-state index in [1.807, 2.05) is 38.1 Å². The number of benzene rings is 2. The molecule has 0 atom stereocenters. The summed E-state index contributed by atoms with van der Waals surface area (Å²) in [5.41, 5.74) is 4.23. The van der Waals surface area contributed by atoms with E-state index in [2.05, 4.69) is 37.1 Å². The number of rotatable bonds is 5. The molecule has 1 amide bonds. The third-order valence-corrected chi connectivity index (χ3v) is 5.48. The Balaban J connectivity index is 1.99. The van der Waals surface area contributed by atoms with Gasteiger partial charge in [0.2, 0.25) is 0 Å². The van der Waals surface area contributed by atoms with Gasteiger partial charge in [0.15, 0.2) is 0 Å². The van der Waals surface area contributed by atoms with Gasteiger partial charge in [-0.25, -0.2) is 4.39 Å². The molecule has 0 radical (unpaired) electrons. The summed E-state index contributed by atoms with van der Waals surface area (Å²) in [6.07, 6.45) is 4.43. The zero-order valence-corrected chi connectivity index (χ0v) is 18.7. The minimum atomic E-state index is -0.564. The third kappa shape index (κ3) is 4.69. The van der Waals surface area contributed by atoms with Crippen molar-refractivity contribution in [3.8, 4) is 6.07 Å². The zero-order chi connectivity index (χ0) is 22.8. The van der Waals surface area contributed by atoms with Crippen LogP contribution in [0, 0.1) is 24.1 Å². The van der Waals surface area contributed by atoms with Crippen LogP contribution < -0.4 is 10.2 Å². The Morgan fingerprint density at radius 2 is 2.00 bits per heavy atom. The molecule has 0 bridgehead atoms. The van der Waals surface area contributed by atoms with Crippen molar-refractivity contribution in [1.82, 2.24) is 0 Å². The molecule has 0 aromatic heterocycles. The maximum absolute atomic E-state index is 15.1. The topological polar surface area (TPSA) is 56.1 Å². The molecule has 0 saturated heterocycles. The smallest absolute Gasteiger partial charge is 0.266 e. The number of amides is 1. The first-order valence-corrected chi connectivity index (χ1v) is 10.5. The molecule has 1 aliphatic rings. The molecule has 1 aliphatic heterocycles. The van der Waals surface area contributed by atoms with Crippen LogP contribution in [-0.4, -0.2) is 18.0 Å². The minimum Gasteiger partial charge on any atom is -0.362 e. The fraction of sp³-hybridized carbons (Fsp3) is 0.308. The molecular formula is C26H28FN3O. The van der Waals surface area contributed by atoms with E-state index >= 15 is 4.39 Å². The highest BCUT2D eigenvalue weighted by Gasteiger charge is 2.31. The van der Waals surface area contributed by atoms with Gasteiger partial charge in [0.25, 0.3) is 5.91 Å². The Bertz CT molecular complexity index is 1120. The quantitative estimate of drug-likeness (QED) is 0.473. The molecule has 0 aliphatic carbocycles. The molecule has 3 rings (SSSR count). The molecule has 4 nitrogen and oxygen atoms in total. The van der Waals surface area contributed by atoms with Crippen LogP contribution >= 0.6 is 0 Å². The van der Waals surface area contributed by atoms with E-state index in [0.29, 0.717) is 5.69 Å². The number of nitrogens with zero attached hydrogens (tertiary/aromatic N) is 2. The normalized spacial score (nSPS) is 15.1. The van der Waals surface area contributed by atoms with Gasteiger partial charge in [-0.3, -0.25) is 4.79 Å². The maximum atomic E-state index is 15.1. The van der Waals surface area contributed by atoms with E-state index in [4.69, 9.17) is 0 Å². The highest BCUT2D eigenvalue weighted by Crippen LogP contribution is 2.40. The second-order valence-corrected chi connectivity index (χ2v) is 8.52. The van der Waals surface area contributed by atoms with Gasteiger partial charge in [0, 0.05) is 29.0 Å². The van der Waals surface area contributed by atoms with Crippen LogP contribution in [0.5, 0.6) is 0 Å². The van der Waals surface area contributed by atoms with Gasteiger partial charge in [-0.05, 0) is 75.6 Å². The Hall–Kier alpha value is -3.39. The van der Waals surface area contributed by atoms with E-state index in [1.165, 1.54) is 12.1 Å². The Morgan fingerprint density at radius 1 is 1.26 bits per heavy atom. The van der Waals surface area contributed by atoms with Gasteiger partial charge in [0.05, 0.1) is 5.54 Å². The molecule has 0 spiro atoms. The van der Waals surface area contributed by atoms with Crippen molar-refractivity contribution in [2.75, 3.05) is 16.8 Å². The fourth-order valence-corrected chi connectivity index (χ4v) is 4.08. The molecule has 31 heavy (non-hydrogen) atoms. The molecule has 0 saturated carbocycles. The fourth-order valence-electron chi connectivity index (χ4n) is 4.08. The average molecular weight is 418 g/mol. The molecule has 2 aromatic rings. The molecular weight excluding hydrogens is 389 g/mol. The van der Waals surface area contributed by atoms with Crippen LogP contribution in [0.25, 0.3) is 11.6 Å². The third-order valence-electron chi connectivity index (χ3n) is 5.48. The van der Waals surface area contributed by atoms with Gasteiger partial charge in [-0.2, -0.15) is 5.26 Å². The number of hydrogen-bond acceptors (Lipinski definition) is 3. The summed E-state index contributed by atoms with van der Waals surface area (Å²) in [5.74, 6) is -1.02. The van der Waals surface area contributed by atoms with Crippen LogP contribution in [0.1, 0.15) is 50.8 Å². The predicted octanol–water partition coefficient (Wildman–Crippen LogP) is 6.09. The van der Waals surface area contributed by atoms with Crippen molar-refractivity contribution < 1.29 is 9.18 Å². The van der Waals surface area contributed by atoms with E-state index in [-0.39, 0.29) is 16.7 Å². The number of hydrogen-bond donors (Lipinski definition) is 1. The molecule has 0 fully saturated rings. The highest BCUT2D eigenvalue weighted by atomic mass is 19.1. The average Bonchev–Trinajstić information content (AvgIpc) is 2.69. The first-order valence-electron chi connectivity index (χ1n) is 10.5. The lowest BCUT2D eigenvalue weighted by Gasteiger charge is -2.43. The highest BCUT2D eigenvalue weighted by molar-refractivity contribution is 6.09. The van der Waals surface area contributed by atoms with Crippen molar-refractivity contribution in [2.24, 2.45) is 0 Å². The number of fused-ring (bicyclic) bond motifs is 1. The summed E-state index contributed by atoms with van der Waals surface area (Å²) < 4.78 is 15.1. The molecule has 2 aromatic carbocycles. The number of allylic oxidation sites excluding steroid dienone is 1. The molecule has 160 valence electrons. The predicted molar refractivity (Wildman–Crippen MR) is 125 cm³/mol. The summed E-state index contributed by atoms with van der Waals surface area (Å²) in [6.45, 7) is 11.1. The summed E-state index contributed by atoms with van der Waals surface area (Å²) in [4.78, 5) is 14.8. The molecule has 1 N–H and O–H groups in total. The zero-order valence-electron chi connectivity index (χ0n) is 18.7. The van der Waals surface area contributed by atoms with Crippen molar-refractivity contribution in [2.45, 2.75) is 46.6 Å². The van der Waals surface area contributed by atoms with Crippen LogP contribution in [0.4, 0.5) is 15.8 Å². The first-order chi connectivity index (χ1) is 14.7. The summed E-state index contributed by atoms with van der Waals surface area (Å²) in [6, 6.07) is 12.4. The maximum Gasteiger partial charge on any atom is 0.266 e. The lowest BCUT2D eigenvalue weighted by Crippen LogP contribution is -2.45. The van der Waals surface area contributed by atoms with Crippen molar-refractivity contribution in [3.63, 3.8) is 0 Å². The van der Waals surface area contributed by atoms with Crippen LogP contribution in [0.15, 0.2) is 48.0 Å². The van der Waals surface area contributed by atoms with Crippen molar-refractivity contribution in [1.29, 1.82) is 5.26 Å². The second-order valence-electron chi connectivity index (χ2n) is 8.52. The Kier molecular flexibility index (Phi) is 6.31. The van der Waals surface area contributed by atoms with Crippen LogP contribution in [0.2, 0.25) is 0 Å². The summed E-state index contributed by atoms with van der Waals surface area (Å²) in [5, 5.41) is 12.2. The van der Waals surface area contributed by atoms with Gasteiger partial charge in [-0.1, -0.05) is 25.1 Å². The monoisotopic (exact) mass is 417 g/mol. The largest absolute Gasteiger partial charge is 0.362 e. The van der Waals surface area contributed by atoms with Crippen LogP contribution in [-0.2, 0) is 4.79 Å². The van der Waals surface area contributed by atoms with E-state index in [9.17, 15) is 10.1 Å². The number of nitrogens with one attached hydrogen (secondary N) is 1. The standard InChI is InChI=1S/C26H28FN3O/c1-6-10-30-24-14-23(27)19(13-22(24)18(3)15-26(30,4)5)12-20(16-28)25(31)29-21-9-7-8-17(2)11-21/h7-9,11-15H,6,10H2,1-5H3,(H,29,31)/b20-12+. The summed E-state index contributed by atoms with van der Waals surface area (Å²) >= 11 is 0. The molecule has 0 unspecified atom stereocenters. The van der Waals surface area contributed by atoms with Gasteiger partial charge >= 0.3 is 0 Å². The van der Waals surface area contributed by atoms with E-state index in [1.54, 1.807) is 12.1 Å². The van der Waals surface area contributed by atoms with Gasteiger partial charge < -0.3 is 10.2 Å². The minimum absolute atomic E-state index is 0.149. The lowest BCUT2D eigenvalue weighted by molar-refractivity contribution is -0.112. The molecule has 5 heteroatoms. The Morgan fingerprint density at radius 3 is 2.65 bits per heavy atom. The van der Waals surface area contributed by atoms with E-state index in [0.717, 1.165) is 35.4 Å². The SMILES string of the molecule is CCCN1c2cc(F)c(/C=C(\C#N)C(=O)Nc3cccc(C)c3)cc2C(C)=CC1(C)C. The lowest BCUT2D eigenvalue weighted by atomic mass is 9.87. The van der Waals surface area contributed by atoms with E-state index < -0.39 is 11.7 Å². The van der Waals surface area contributed by atoms with Crippen molar-refractivity contribution in [3.05, 3.63) is 70.6 Å². The number of carbonyl (C=O) groups excluding carboxylic acids is 1. The number of nitriles is 1. The summed E-state index contributed by atoms with van der Waals surface area (Å²) in [7, 11) is 0. The second kappa shape index (κ2) is 8.77. The number of anilines is 2. The number of carbonyl (C=O) groups is 1. The van der Waals surface area contributed by atoms with Gasteiger partial charge in [0.1, 0.15) is 17.5 Å². The Labute approximate surface area is 183 Å². The van der Waals surface area contributed by atoms with Crippen LogP contribution in [0.3, 0.4) is 0 Å². The van der Waals surface area contributed by atoms with Gasteiger partial charge in [-0.15, -0.1) is 0 Å². The number of halogens is 1. The first kappa shape index (κ1) is 22.3. The number of aryl methyl sites for hydroxylation is 1. The van der Waals surface area contributed by atoms with Crippen molar-refractivity contribution >= 4 is 28.9 Å².